The molecular weight excluding hydrogens is 160 g/mol. The molecule has 0 N–H and O–H groups in total. The Kier molecular flexibility index (Phi) is 2.89. The number of likely N-dealkylation sites (N-methyl/N-ethyl adjacent to an activating group) is 2. The molecule has 0 radical (unpaired) electrons. The molecule has 1 saturated heterocycles. The van der Waals surface area contributed by atoms with Crippen molar-refractivity contribution in [3.63, 3.8) is 0 Å². The van der Waals surface area contributed by atoms with Crippen molar-refractivity contribution >= 4 is 0 Å². The van der Waals surface area contributed by atoms with Crippen LogP contribution in [-0.4, -0.2) is 49.1 Å². The predicted octanol–water partition coefficient (Wildman–Crippen LogP) is 1.42. The first-order valence-corrected chi connectivity index (χ1v) is 5.72. The fourth-order valence-electron chi connectivity index (χ4n) is 2.32. The third-order valence-corrected chi connectivity index (χ3v) is 3.56. The van der Waals surface area contributed by atoms with Crippen molar-refractivity contribution in [1.82, 2.24) is 9.80 Å². The van der Waals surface area contributed by atoms with E-state index in [1.807, 2.05) is 0 Å². The van der Waals surface area contributed by atoms with Crippen LogP contribution in [0.15, 0.2) is 0 Å². The van der Waals surface area contributed by atoms with Crippen LogP contribution in [0.2, 0.25) is 0 Å². The number of rotatable bonds is 4. The number of nitrogens with zero attached hydrogens (tertiary/aromatic N) is 2. The van der Waals surface area contributed by atoms with Gasteiger partial charge >= 0.3 is 0 Å². The van der Waals surface area contributed by atoms with Crippen molar-refractivity contribution in [3.05, 3.63) is 0 Å². The minimum atomic E-state index is 0.848. The molecule has 76 valence electrons. The molecule has 0 amide bonds. The highest BCUT2D eigenvalue weighted by molar-refractivity contribution is 4.84. The molecule has 1 saturated carbocycles. The van der Waals surface area contributed by atoms with Gasteiger partial charge in [-0.2, -0.15) is 0 Å². The third kappa shape index (κ3) is 2.44. The lowest BCUT2D eigenvalue weighted by Gasteiger charge is -2.24. The summed E-state index contributed by atoms with van der Waals surface area (Å²) in [5.41, 5.74) is 0. The molecule has 0 aromatic heterocycles. The molecule has 13 heavy (non-hydrogen) atoms. The molecule has 2 fully saturated rings. The standard InChI is InChI=1S/C11H22N2/c1-3-13-7-6-11(9-13)12(2)8-10-4-5-10/h10-11H,3-9H2,1-2H3. The number of hydrogen-bond acceptors (Lipinski definition) is 2. The summed E-state index contributed by atoms with van der Waals surface area (Å²) in [6, 6.07) is 0.848. The van der Waals surface area contributed by atoms with Crippen molar-refractivity contribution in [3.8, 4) is 0 Å². The lowest BCUT2D eigenvalue weighted by molar-refractivity contribution is 0.227. The molecular formula is C11H22N2. The van der Waals surface area contributed by atoms with Gasteiger partial charge < -0.3 is 9.80 Å². The van der Waals surface area contributed by atoms with Crippen LogP contribution < -0.4 is 0 Å². The van der Waals surface area contributed by atoms with E-state index in [0.29, 0.717) is 0 Å². The summed E-state index contributed by atoms with van der Waals surface area (Å²) in [4.78, 5) is 5.15. The van der Waals surface area contributed by atoms with Crippen LogP contribution in [-0.2, 0) is 0 Å². The van der Waals surface area contributed by atoms with E-state index in [0.717, 1.165) is 12.0 Å². The quantitative estimate of drug-likeness (QED) is 0.649. The smallest absolute Gasteiger partial charge is 0.0232 e. The van der Waals surface area contributed by atoms with Crippen molar-refractivity contribution < 1.29 is 0 Å². The first-order valence-electron chi connectivity index (χ1n) is 5.72. The maximum atomic E-state index is 2.59. The molecule has 1 aliphatic heterocycles. The van der Waals surface area contributed by atoms with E-state index >= 15 is 0 Å². The van der Waals surface area contributed by atoms with E-state index in [2.05, 4.69) is 23.8 Å². The number of likely N-dealkylation sites (tertiary alicyclic amines) is 1. The van der Waals surface area contributed by atoms with Crippen molar-refractivity contribution in [1.29, 1.82) is 0 Å². The molecule has 2 heteroatoms. The Morgan fingerprint density at radius 1 is 1.31 bits per heavy atom. The molecule has 1 atom stereocenters. The third-order valence-electron chi connectivity index (χ3n) is 3.56. The van der Waals surface area contributed by atoms with Crippen LogP contribution in [0.1, 0.15) is 26.2 Å². The molecule has 2 nitrogen and oxygen atoms in total. The first-order chi connectivity index (χ1) is 6.29. The van der Waals surface area contributed by atoms with Gasteiger partial charge in [-0.1, -0.05) is 6.92 Å². The van der Waals surface area contributed by atoms with Crippen LogP contribution in [0.25, 0.3) is 0 Å². The molecule has 1 unspecified atom stereocenters. The zero-order valence-corrected chi connectivity index (χ0v) is 9.00. The Bertz CT molecular complexity index is 165. The topological polar surface area (TPSA) is 6.48 Å². The summed E-state index contributed by atoms with van der Waals surface area (Å²) in [6.45, 7) is 7.47. The molecule has 0 aromatic carbocycles. The summed E-state index contributed by atoms with van der Waals surface area (Å²) >= 11 is 0. The maximum absolute atomic E-state index is 2.59. The summed E-state index contributed by atoms with van der Waals surface area (Å²) in [6.07, 6.45) is 4.35. The second-order valence-electron chi connectivity index (χ2n) is 4.72. The van der Waals surface area contributed by atoms with E-state index in [1.54, 1.807) is 0 Å². The summed E-state index contributed by atoms with van der Waals surface area (Å²) in [5.74, 6) is 1.04. The molecule has 1 aliphatic carbocycles. The van der Waals surface area contributed by atoms with Gasteiger partial charge in [0.15, 0.2) is 0 Å². The Hall–Kier alpha value is -0.0800. The predicted molar refractivity (Wildman–Crippen MR) is 55.9 cm³/mol. The minimum absolute atomic E-state index is 0.848. The van der Waals surface area contributed by atoms with Gasteiger partial charge in [-0.3, -0.25) is 0 Å². The lowest BCUT2D eigenvalue weighted by Crippen LogP contribution is -2.35. The average Bonchev–Trinajstić information content (AvgIpc) is 2.82. The largest absolute Gasteiger partial charge is 0.302 e. The van der Waals surface area contributed by atoms with Gasteiger partial charge in [0.25, 0.3) is 0 Å². The maximum Gasteiger partial charge on any atom is 0.0232 e. The van der Waals surface area contributed by atoms with Gasteiger partial charge in [0.1, 0.15) is 0 Å². The Morgan fingerprint density at radius 2 is 2.08 bits per heavy atom. The second-order valence-corrected chi connectivity index (χ2v) is 4.72. The first kappa shape index (κ1) is 9.47. The van der Waals surface area contributed by atoms with Crippen LogP contribution >= 0.6 is 0 Å². The van der Waals surface area contributed by atoms with Crippen LogP contribution in [0.3, 0.4) is 0 Å². The molecule has 0 aromatic rings. The van der Waals surface area contributed by atoms with E-state index in [1.165, 1.54) is 45.4 Å². The highest BCUT2D eigenvalue weighted by Crippen LogP contribution is 2.30. The summed E-state index contributed by atoms with van der Waals surface area (Å²) in [5, 5.41) is 0. The zero-order chi connectivity index (χ0) is 9.26. The summed E-state index contributed by atoms with van der Waals surface area (Å²) < 4.78 is 0. The Morgan fingerprint density at radius 3 is 2.62 bits per heavy atom. The van der Waals surface area contributed by atoms with Crippen molar-refractivity contribution in [2.24, 2.45) is 5.92 Å². The van der Waals surface area contributed by atoms with Crippen LogP contribution in [0.5, 0.6) is 0 Å². The van der Waals surface area contributed by atoms with Gasteiger partial charge in [0.05, 0.1) is 0 Å². The highest BCUT2D eigenvalue weighted by Gasteiger charge is 2.29. The highest BCUT2D eigenvalue weighted by atomic mass is 15.2. The van der Waals surface area contributed by atoms with Crippen molar-refractivity contribution in [2.45, 2.75) is 32.2 Å². The molecule has 2 rings (SSSR count). The van der Waals surface area contributed by atoms with Gasteiger partial charge in [-0.15, -0.1) is 0 Å². The fraction of sp³-hybridized carbons (Fsp3) is 1.00. The average molecular weight is 182 g/mol. The SMILES string of the molecule is CCN1CCC(N(C)CC2CC2)C1. The lowest BCUT2D eigenvalue weighted by atomic mass is 10.2. The fourth-order valence-corrected chi connectivity index (χ4v) is 2.32. The Balaban J connectivity index is 1.73. The second kappa shape index (κ2) is 3.97. The van der Waals surface area contributed by atoms with E-state index < -0.39 is 0 Å². The molecule has 1 heterocycles. The zero-order valence-electron chi connectivity index (χ0n) is 9.00. The molecule has 2 aliphatic rings. The molecule has 0 bridgehead atoms. The molecule has 0 spiro atoms. The van der Waals surface area contributed by atoms with Gasteiger partial charge in [0, 0.05) is 19.1 Å². The summed E-state index contributed by atoms with van der Waals surface area (Å²) in [7, 11) is 2.31. The van der Waals surface area contributed by atoms with Crippen molar-refractivity contribution in [2.75, 3.05) is 33.2 Å². The Labute approximate surface area is 81.9 Å². The van der Waals surface area contributed by atoms with Gasteiger partial charge in [-0.05, 0) is 45.3 Å². The van der Waals surface area contributed by atoms with Gasteiger partial charge in [0.2, 0.25) is 0 Å². The van der Waals surface area contributed by atoms with Crippen LogP contribution in [0, 0.1) is 5.92 Å². The van der Waals surface area contributed by atoms with Crippen LogP contribution in [0.4, 0.5) is 0 Å². The van der Waals surface area contributed by atoms with E-state index in [4.69, 9.17) is 0 Å². The number of hydrogen-bond donors (Lipinski definition) is 0. The van der Waals surface area contributed by atoms with Gasteiger partial charge in [-0.25, -0.2) is 0 Å². The van der Waals surface area contributed by atoms with E-state index in [9.17, 15) is 0 Å². The minimum Gasteiger partial charge on any atom is -0.302 e. The normalized spacial score (nSPS) is 30.2. The monoisotopic (exact) mass is 182 g/mol. The van der Waals surface area contributed by atoms with E-state index in [-0.39, 0.29) is 0 Å².